The fourth-order valence-corrected chi connectivity index (χ4v) is 3.94. The van der Waals surface area contributed by atoms with Gasteiger partial charge in [0, 0.05) is 30.9 Å². The van der Waals surface area contributed by atoms with Crippen molar-refractivity contribution in [3.05, 3.63) is 66.2 Å². The number of benzene rings is 1. The standard InChI is InChI=1S/C25H24N6O5/c1-34-21-6-3-16(13-22(21)35-2)20-7-8-26-23-14-19(29-31(20)23)24(32)28-17-4-5-18(27-15-17)25(33)30-9-11-36-12-10-30/h3-8,13-15H,9-12H2,1-2H3,(H,28,32). The lowest BCUT2D eigenvalue weighted by atomic mass is 10.1. The third kappa shape index (κ3) is 4.56. The van der Waals surface area contributed by atoms with E-state index in [9.17, 15) is 9.59 Å². The highest BCUT2D eigenvalue weighted by atomic mass is 16.5. The van der Waals surface area contributed by atoms with Gasteiger partial charge in [-0.2, -0.15) is 5.10 Å². The van der Waals surface area contributed by atoms with E-state index in [2.05, 4.69) is 20.4 Å². The fourth-order valence-electron chi connectivity index (χ4n) is 3.94. The molecule has 0 atom stereocenters. The molecule has 5 rings (SSSR count). The molecular formula is C25H24N6O5. The molecule has 1 fully saturated rings. The molecule has 3 aromatic heterocycles. The highest BCUT2D eigenvalue weighted by Gasteiger charge is 2.20. The zero-order valence-corrected chi connectivity index (χ0v) is 19.8. The van der Waals surface area contributed by atoms with Crippen LogP contribution in [0.3, 0.4) is 0 Å². The number of carbonyl (C=O) groups excluding carboxylic acids is 2. The van der Waals surface area contributed by atoms with Crippen molar-refractivity contribution in [1.29, 1.82) is 0 Å². The number of nitrogens with one attached hydrogen (secondary N) is 1. The number of aromatic nitrogens is 4. The van der Waals surface area contributed by atoms with Crippen LogP contribution in [0.15, 0.2) is 54.9 Å². The Balaban J connectivity index is 1.35. The van der Waals surface area contributed by atoms with Gasteiger partial charge >= 0.3 is 0 Å². The van der Waals surface area contributed by atoms with Crippen molar-refractivity contribution in [3.63, 3.8) is 0 Å². The minimum Gasteiger partial charge on any atom is -0.493 e. The summed E-state index contributed by atoms with van der Waals surface area (Å²) in [5, 5.41) is 7.24. The van der Waals surface area contributed by atoms with Crippen LogP contribution in [0.5, 0.6) is 11.5 Å². The summed E-state index contributed by atoms with van der Waals surface area (Å²) in [6.07, 6.45) is 3.10. The summed E-state index contributed by atoms with van der Waals surface area (Å²) < 4.78 is 17.6. The van der Waals surface area contributed by atoms with Crippen molar-refractivity contribution in [2.24, 2.45) is 0 Å². The van der Waals surface area contributed by atoms with Gasteiger partial charge in [0.05, 0.1) is 45.0 Å². The van der Waals surface area contributed by atoms with Gasteiger partial charge in [-0.3, -0.25) is 9.59 Å². The van der Waals surface area contributed by atoms with Crippen LogP contribution in [-0.4, -0.2) is 76.8 Å². The SMILES string of the molecule is COc1ccc(-c2ccnc3cc(C(=O)Nc4ccc(C(=O)N5CCOCC5)nc4)nn23)cc1OC. The van der Waals surface area contributed by atoms with Crippen LogP contribution in [0.1, 0.15) is 21.0 Å². The number of ether oxygens (including phenoxy) is 3. The average Bonchev–Trinajstić information content (AvgIpc) is 3.38. The number of fused-ring (bicyclic) bond motifs is 1. The van der Waals surface area contributed by atoms with E-state index in [0.717, 1.165) is 11.3 Å². The van der Waals surface area contributed by atoms with Gasteiger partial charge < -0.3 is 24.4 Å². The van der Waals surface area contributed by atoms with Gasteiger partial charge in [0.25, 0.3) is 11.8 Å². The van der Waals surface area contributed by atoms with Gasteiger partial charge in [-0.1, -0.05) is 0 Å². The molecule has 1 aromatic carbocycles. The molecule has 11 heteroatoms. The molecule has 36 heavy (non-hydrogen) atoms. The number of rotatable bonds is 6. The Morgan fingerprint density at radius 1 is 0.944 bits per heavy atom. The number of hydrogen-bond acceptors (Lipinski definition) is 8. The van der Waals surface area contributed by atoms with E-state index >= 15 is 0 Å². The highest BCUT2D eigenvalue weighted by Crippen LogP contribution is 2.32. The number of nitrogens with zero attached hydrogens (tertiary/aromatic N) is 5. The van der Waals surface area contributed by atoms with Crippen molar-refractivity contribution in [2.45, 2.75) is 0 Å². The lowest BCUT2D eigenvalue weighted by Gasteiger charge is -2.26. The van der Waals surface area contributed by atoms with E-state index in [1.165, 1.54) is 6.20 Å². The van der Waals surface area contributed by atoms with Gasteiger partial charge in [0.15, 0.2) is 22.8 Å². The van der Waals surface area contributed by atoms with Gasteiger partial charge in [-0.15, -0.1) is 0 Å². The quantitative estimate of drug-likeness (QED) is 0.440. The Morgan fingerprint density at radius 2 is 1.75 bits per heavy atom. The molecule has 0 bridgehead atoms. The maximum Gasteiger partial charge on any atom is 0.276 e. The zero-order valence-electron chi connectivity index (χ0n) is 19.8. The second-order valence-electron chi connectivity index (χ2n) is 7.99. The minimum atomic E-state index is -0.423. The van der Waals surface area contributed by atoms with Crippen LogP contribution >= 0.6 is 0 Å². The molecule has 4 aromatic rings. The zero-order chi connectivity index (χ0) is 25.1. The highest BCUT2D eigenvalue weighted by molar-refractivity contribution is 6.03. The molecule has 0 saturated carbocycles. The molecule has 1 N–H and O–H groups in total. The lowest BCUT2D eigenvalue weighted by Crippen LogP contribution is -2.41. The Bertz CT molecular complexity index is 1410. The topological polar surface area (TPSA) is 120 Å². The largest absolute Gasteiger partial charge is 0.493 e. The first kappa shape index (κ1) is 23.2. The molecule has 0 radical (unpaired) electrons. The van der Waals surface area contributed by atoms with Gasteiger partial charge in [0.1, 0.15) is 5.69 Å². The molecule has 0 spiro atoms. The van der Waals surface area contributed by atoms with E-state index in [1.54, 1.807) is 60.2 Å². The van der Waals surface area contributed by atoms with E-state index < -0.39 is 5.91 Å². The van der Waals surface area contributed by atoms with E-state index in [4.69, 9.17) is 14.2 Å². The lowest BCUT2D eigenvalue weighted by molar-refractivity contribution is 0.0299. The number of carbonyl (C=O) groups is 2. The molecule has 2 amide bonds. The summed E-state index contributed by atoms with van der Waals surface area (Å²) in [5.41, 5.74) is 3.00. The number of methoxy groups -OCH3 is 2. The third-order valence-corrected chi connectivity index (χ3v) is 5.81. The maximum atomic E-state index is 12.9. The number of anilines is 1. The van der Waals surface area contributed by atoms with Crippen molar-refractivity contribution in [1.82, 2.24) is 24.5 Å². The summed E-state index contributed by atoms with van der Waals surface area (Å²) in [6, 6.07) is 12.2. The predicted molar refractivity (Wildman–Crippen MR) is 130 cm³/mol. The number of amides is 2. The van der Waals surface area contributed by atoms with Crippen molar-refractivity contribution < 1.29 is 23.8 Å². The fraction of sp³-hybridized carbons (Fsp3) is 0.240. The summed E-state index contributed by atoms with van der Waals surface area (Å²) in [7, 11) is 3.14. The Labute approximate surface area is 206 Å². The molecule has 0 aliphatic carbocycles. The summed E-state index contributed by atoms with van der Waals surface area (Å²) in [5.74, 6) is 0.601. The summed E-state index contributed by atoms with van der Waals surface area (Å²) in [4.78, 5) is 35.7. The molecule has 0 unspecified atom stereocenters. The Kier molecular flexibility index (Phi) is 6.46. The molecule has 1 aliphatic heterocycles. The molecular weight excluding hydrogens is 464 g/mol. The second kappa shape index (κ2) is 10.0. The van der Waals surface area contributed by atoms with Crippen molar-refractivity contribution in [3.8, 4) is 22.8 Å². The average molecular weight is 489 g/mol. The van der Waals surface area contributed by atoms with Crippen molar-refractivity contribution in [2.75, 3.05) is 45.8 Å². The Morgan fingerprint density at radius 3 is 2.47 bits per heavy atom. The van der Waals surface area contributed by atoms with E-state index in [1.807, 2.05) is 12.1 Å². The Hall–Kier alpha value is -4.51. The molecule has 184 valence electrons. The first-order chi connectivity index (χ1) is 17.6. The van der Waals surface area contributed by atoms with Crippen LogP contribution in [0.2, 0.25) is 0 Å². The van der Waals surface area contributed by atoms with Crippen LogP contribution in [0.4, 0.5) is 5.69 Å². The van der Waals surface area contributed by atoms with E-state index in [-0.39, 0.29) is 11.6 Å². The van der Waals surface area contributed by atoms with Gasteiger partial charge in [-0.05, 0) is 36.4 Å². The monoisotopic (exact) mass is 488 g/mol. The number of pyridine rings is 1. The minimum absolute atomic E-state index is 0.162. The smallest absolute Gasteiger partial charge is 0.276 e. The van der Waals surface area contributed by atoms with Crippen LogP contribution in [0.25, 0.3) is 16.9 Å². The van der Waals surface area contributed by atoms with Gasteiger partial charge in [-0.25, -0.2) is 14.5 Å². The normalized spacial score (nSPS) is 13.4. The molecule has 1 saturated heterocycles. The number of hydrogen-bond donors (Lipinski definition) is 1. The number of morpholine rings is 1. The van der Waals surface area contributed by atoms with Gasteiger partial charge in [0.2, 0.25) is 0 Å². The van der Waals surface area contributed by atoms with Crippen LogP contribution in [-0.2, 0) is 4.74 Å². The molecule has 4 heterocycles. The maximum absolute atomic E-state index is 12.9. The third-order valence-electron chi connectivity index (χ3n) is 5.81. The summed E-state index contributed by atoms with van der Waals surface area (Å²) in [6.45, 7) is 2.10. The van der Waals surface area contributed by atoms with Crippen LogP contribution in [0, 0.1) is 0 Å². The second-order valence-corrected chi connectivity index (χ2v) is 7.99. The molecule has 1 aliphatic rings. The van der Waals surface area contributed by atoms with E-state index in [0.29, 0.717) is 54.8 Å². The summed E-state index contributed by atoms with van der Waals surface area (Å²) >= 11 is 0. The van der Waals surface area contributed by atoms with Crippen molar-refractivity contribution >= 4 is 23.1 Å². The predicted octanol–water partition coefficient (Wildman–Crippen LogP) is 2.53. The van der Waals surface area contributed by atoms with Crippen LogP contribution < -0.4 is 14.8 Å². The first-order valence-electron chi connectivity index (χ1n) is 11.3. The molecule has 11 nitrogen and oxygen atoms in total. The first-order valence-corrected chi connectivity index (χ1v) is 11.3.